The van der Waals surface area contributed by atoms with Crippen molar-refractivity contribution in [1.29, 1.82) is 0 Å². The molecule has 0 radical (unpaired) electrons. The normalized spacial score (nSPS) is 11.4. The Balaban J connectivity index is 1.74. The zero-order valence-electron chi connectivity index (χ0n) is 11.5. The molecule has 2 aromatic heterocycles. The summed E-state index contributed by atoms with van der Waals surface area (Å²) in [7, 11) is 0. The fourth-order valence-electron chi connectivity index (χ4n) is 1.83. The maximum atomic E-state index is 4.33. The molecule has 0 saturated heterocycles. The lowest BCUT2D eigenvalue weighted by Gasteiger charge is -2.04. The Morgan fingerprint density at radius 2 is 2.00 bits per heavy atom. The Labute approximate surface area is 122 Å². The summed E-state index contributed by atoms with van der Waals surface area (Å²) in [5.74, 6) is 0.719. The van der Waals surface area contributed by atoms with Crippen LogP contribution in [0.25, 0.3) is 5.69 Å². The molecule has 0 unspecified atom stereocenters. The van der Waals surface area contributed by atoms with Crippen molar-refractivity contribution < 1.29 is 0 Å². The second-order valence-corrected chi connectivity index (χ2v) is 4.41. The number of nitrogens with one attached hydrogen (secondary N) is 1. The van der Waals surface area contributed by atoms with E-state index in [1.165, 1.54) is 6.33 Å². The molecule has 0 bridgehead atoms. The first-order valence-electron chi connectivity index (χ1n) is 6.50. The van der Waals surface area contributed by atoms with Crippen LogP contribution in [0.4, 0.5) is 5.82 Å². The van der Waals surface area contributed by atoms with E-state index in [0.717, 1.165) is 22.8 Å². The highest BCUT2D eigenvalue weighted by Gasteiger charge is 2.00. The Kier molecular flexibility index (Phi) is 3.68. The first-order valence-corrected chi connectivity index (χ1v) is 6.50. The number of hydrazone groups is 1. The molecular weight excluding hydrogens is 264 g/mol. The number of nitrogens with zero attached hydrogens (tertiary/aromatic N) is 5. The first-order chi connectivity index (χ1) is 10.3. The molecule has 21 heavy (non-hydrogen) atoms. The molecule has 1 aromatic carbocycles. The number of anilines is 1. The van der Waals surface area contributed by atoms with E-state index in [2.05, 4.69) is 25.6 Å². The van der Waals surface area contributed by atoms with E-state index in [9.17, 15) is 0 Å². The van der Waals surface area contributed by atoms with E-state index in [1.807, 2.05) is 49.4 Å². The average molecular weight is 278 g/mol. The van der Waals surface area contributed by atoms with Crippen LogP contribution in [0.15, 0.2) is 66.4 Å². The predicted molar refractivity (Wildman–Crippen MR) is 81.4 cm³/mol. The maximum absolute atomic E-state index is 4.33. The molecule has 0 fully saturated rings. The molecule has 2 heterocycles. The largest absolute Gasteiger partial charge is 0.261 e. The first kappa shape index (κ1) is 13.0. The van der Waals surface area contributed by atoms with Gasteiger partial charge < -0.3 is 0 Å². The van der Waals surface area contributed by atoms with Gasteiger partial charge in [0.1, 0.15) is 18.5 Å². The zero-order valence-corrected chi connectivity index (χ0v) is 11.5. The van der Waals surface area contributed by atoms with Crippen molar-refractivity contribution in [2.24, 2.45) is 5.10 Å². The molecule has 0 saturated carbocycles. The number of benzene rings is 1. The van der Waals surface area contributed by atoms with Gasteiger partial charge in [-0.1, -0.05) is 18.2 Å². The molecule has 0 aliphatic carbocycles. The summed E-state index contributed by atoms with van der Waals surface area (Å²) >= 11 is 0. The van der Waals surface area contributed by atoms with Gasteiger partial charge in [-0.2, -0.15) is 10.2 Å². The topological polar surface area (TPSA) is 68.0 Å². The lowest BCUT2D eigenvalue weighted by Crippen LogP contribution is -2.01. The molecule has 104 valence electrons. The van der Waals surface area contributed by atoms with Crippen molar-refractivity contribution in [3.63, 3.8) is 0 Å². The van der Waals surface area contributed by atoms with Crippen molar-refractivity contribution in [3.8, 4) is 5.69 Å². The maximum Gasteiger partial charge on any atom is 0.146 e. The van der Waals surface area contributed by atoms with Gasteiger partial charge in [0, 0.05) is 6.20 Å². The van der Waals surface area contributed by atoms with Gasteiger partial charge in [0.2, 0.25) is 0 Å². The molecule has 6 heteroatoms. The van der Waals surface area contributed by atoms with Crippen LogP contribution in [0.1, 0.15) is 12.5 Å². The summed E-state index contributed by atoms with van der Waals surface area (Å²) in [6.45, 7) is 1.94. The summed E-state index contributed by atoms with van der Waals surface area (Å²) in [6.07, 6.45) is 4.90. The van der Waals surface area contributed by atoms with Crippen LogP contribution in [0.2, 0.25) is 0 Å². The molecule has 3 rings (SSSR count). The smallest absolute Gasteiger partial charge is 0.146 e. The monoisotopic (exact) mass is 278 g/mol. The third-order valence-corrected chi connectivity index (χ3v) is 2.97. The Morgan fingerprint density at radius 1 is 1.14 bits per heavy atom. The van der Waals surface area contributed by atoms with Crippen molar-refractivity contribution in [2.45, 2.75) is 6.92 Å². The quantitative estimate of drug-likeness (QED) is 0.588. The fourth-order valence-corrected chi connectivity index (χ4v) is 1.83. The molecular formula is C15H14N6. The predicted octanol–water partition coefficient (Wildman–Crippen LogP) is 2.50. The molecule has 0 amide bonds. The van der Waals surface area contributed by atoms with Crippen molar-refractivity contribution in [2.75, 3.05) is 5.43 Å². The Hall–Kier alpha value is -3.02. The van der Waals surface area contributed by atoms with Gasteiger partial charge in [-0.15, -0.1) is 0 Å². The molecule has 0 aliphatic rings. The highest BCUT2D eigenvalue weighted by molar-refractivity contribution is 5.99. The molecule has 3 aromatic rings. The molecule has 6 nitrogen and oxygen atoms in total. The summed E-state index contributed by atoms with van der Waals surface area (Å²) < 4.78 is 1.71. The van der Waals surface area contributed by atoms with Crippen LogP contribution in [0.5, 0.6) is 0 Å². The van der Waals surface area contributed by atoms with Crippen molar-refractivity contribution >= 4 is 11.5 Å². The van der Waals surface area contributed by atoms with Gasteiger partial charge in [0.05, 0.1) is 11.4 Å². The van der Waals surface area contributed by atoms with Crippen LogP contribution >= 0.6 is 0 Å². The third kappa shape index (κ3) is 3.11. The number of pyridine rings is 1. The van der Waals surface area contributed by atoms with Gasteiger partial charge in [0.25, 0.3) is 0 Å². The van der Waals surface area contributed by atoms with Gasteiger partial charge in [-0.3, -0.25) is 5.43 Å². The highest BCUT2D eigenvalue weighted by Crippen LogP contribution is 2.09. The SMILES string of the molecule is C/C(=N\Nc1ccccn1)c1ccc(-n2cncn2)cc1. The zero-order chi connectivity index (χ0) is 14.5. The summed E-state index contributed by atoms with van der Waals surface area (Å²) in [6, 6.07) is 13.6. The lowest BCUT2D eigenvalue weighted by molar-refractivity contribution is 0.879. The minimum atomic E-state index is 0.719. The second kappa shape index (κ2) is 5.96. The van der Waals surface area contributed by atoms with Gasteiger partial charge in [-0.05, 0) is 36.8 Å². The number of hydrogen-bond donors (Lipinski definition) is 1. The van der Waals surface area contributed by atoms with E-state index < -0.39 is 0 Å². The van der Waals surface area contributed by atoms with Gasteiger partial charge in [-0.25, -0.2) is 14.6 Å². The Bertz CT molecular complexity index is 717. The summed E-state index contributed by atoms with van der Waals surface area (Å²) in [5, 5.41) is 8.42. The second-order valence-electron chi connectivity index (χ2n) is 4.41. The third-order valence-electron chi connectivity index (χ3n) is 2.97. The van der Waals surface area contributed by atoms with Crippen molar-refractivity contribution in [1.82, 2.24) is 19.7 Å². The van der Waals surface area contributed by atoms with Crippen LogP contribution < -0.4 is 5.43 Å². The van der Waals surface area contributed by atoms with Crippen LogP contribution in [0.3, 0.4) is 0 Å². The lowest BCUT2D eigenvalue weighted by atomic mass is 10.1. The van der Waals surface area contributed by atoms with E-state index in [1.54, 1.807) is 17.2 Å². The minimum Gasteiger partial charge on any atom is -0.261 e. The van der Waals surface area contributed by atoms with E-state index in [-0.39, 0.29) is 0 Å². The highest BCUT2D eigenvalue weighted by atomic mass is 15.3. The molecule has 0 aliphatic heterocycles. The molecule has 0 atom stereocenters. The number of aromatic nitrogens is 4. The van der Waals surface area contributed by atoms with Gasteiger partial charge >= 0.3 is 0 Å². The van der Waals surface area contributed by atoms with E-state index in [0.29, 0.717) is 0 Å². The van der Waals surface area contributed by atoms with Crippen LogP contribution in [-0.4, -0.2) is 25.5 Å². The van der Waals surface area contributed by atoms with Crippen LogP contribution in [0, 0.1) is 0 Å². The van der Waals surface area contributed by atoms with Crippen molar-refractivity contribution in [3.05, 3.63) is 66.9 Å². The number of hydrogen-bond acceptors (Lipinski definition) is 5. The van der Waals surface area contributed by atoms with E-state index in [4.69, 9.17) is 0 Å². The number of rotatable bonds is 4. The summed E-state index contributed by atoms with van der Waals surface area (Å²) in [4.78, 5) is 8.09. The minimum absolute atomic E-state index is 0.719. The van der Waals surface area contributed by atoms with Crippen LogP contribution in [-0.2, 0) is 0 Å². The fraction of sp³-hybridized carbons (Fsp3) is 0.0667. The van der Waals surface area contributed by atoms with Gasteiger partial charge in [0.15, 0.2) is 0 Å². The molecule has 1 N–H and O–H groups in total. The molecule has 0 spiro atoms. The standard InChI is InChI=1S/C15H14N6/c1-12(19-20-15-4-2-3-9-17-15)13-5-7-14(8-6-13)21-11-16-10-18-21/h2-11H,1H3,(H,17,20)/b19-12+. The Morgan fingerprint density at radius 3 is 2.67 bits per heavy atom. The summed E-state index contributed by atoms with van der Waals surface area (Å²) in [5.41, 5.74) is 5.80. The average Bonchev–Trinajstić information content (AvgIpc) is 3.08. The van der Waals surface area contributed by atoms with E-state index >= 15 is 0 Å².